The molecule has 2 heteroatoms. The molecule has 0 aromatic rings. The molecule has 0 radical (unpaired) electrons. The van der Waals surface area contributed by atoms with Crippen molar-refractivity contribution in [1.29, 1.82) is 0 Å². The van der Waals surface area contributed by atoms with Crippen LogP contribution in [0.1, 0.15) is 53.4 Å². The molecular formula is C12H24O2. The van der Waals surface area contributed by atoms with E-state index in [9.17, 15) is 4.79 Å². The fourth-order valence-corrected chi connectivity index (χ4v) is 1.43. The van der Waals surface area contributed by atoms with Crippen molar-refractivity contribution in [2.75, 3.05) is 6.61 Å². The highest BCUT2D eigenvalue weighted by Crippen LogP contribution is 2.16. The zero-order valence-corrected chi connectivity index (χ0v) is 10.0. The summed E-state index contributed by atoms with van der Waals surface area (Å²) in [7, 11) is 0. The van der Waals surface area contributed by atoms with E-state index in [0.717, 1.165) is 25.7 Å². The van der Waals surface area contributed by atoms with Crippen molar-refractivity contribution >= 4 is 5.97 Å². The number of carbonyl (C=O) groups excluding carboxylic acids is 1. The zero-order valence-electron chi connectivity index (χ0n) is 10.0. The van der Waals surface area contributed by atoms with Gasteiger partial charge >= 0.3 is 5.97 Å². The van der Waals surface area contributed by atoms with Crippen LogP contribution in [0.4, 0.5) is 0 Å². The quantitative estimate of drug-likeness (QED) is 0.465. The average molecular weight is 200 g/mol. The minimum atomic E-state index is -0.00495. The Balaban J connectivity index is 3.79. The summed E-state index contributed by atoms with van der Waals surface area (Å²) in [6, 6.07) is 0. The zero-order chi connectivity index (χ0) is 11.0. The molecule has 0 bridgehead atoms. The van der Waals surface area contributed by atoms with Crippen LogP contribution in [0.5, 0.6) is 0 Å². The predicted octanol–water partition coefficient (Wildman–Crippen LogP) is 3.40. The van der Waals surface area contributed by atoms with Gasteiger partial charge in [-0.25, -0.2) is 0 Å². The molecule has 14 heavy (non-hydrogen) atoms. The van der Waals surface area contributed by atoms with Crippen LogP contribution in [-0.2, 0) is 9.53 Å². The van der Waals surface area contributed by atoms with Crippen molar-refractivity contribution in [2.45, 2.75) is 53.4 Å². The summed E-state index contributed by atoms with van der Waals surface area (Å²) < 4.78 is 5.20. The minimum Gasteiger partial charge on any atom is -0.465 e. The molecule has 0 aliphatic rings. The second-order valence-electron chi connectivity index (χ2n) is 4.26. The lowest BCUT2D eigenvalue weighted by atomic mass is 9.95. The van der Waals surface area contributed by atoms with E-state index in [1.807, 2.05) is 6.92 Å². The van der Waals surface area contributed by atoms with Crippen LogP contribution in [0.3, 0.4) is 0 Å². The maximum Gasteiger partial charge on any atom is 0.308 e. The Bertz CT molecular complexity index is 152. The molecule has 0 unspecified atom stereocenters. The first-order valence-electron chi connectivity index (χ1n) is 5.78. The molecule has 0 saturated heterocycles. The molecule has 2 nitrogen and oxygen atoms in total. The summed E-state index contributed by atoms with van der Waals surface area (Å²) in [6.07, 6.45) is 3.89. The second-order valence-corrected chi connectivity index (χ2v) is 4.26. The van der Waals surface area contributed by atoms with Crippen LogP contribution < -0.4 is 0 Å². The number of unbranched alkanes of at least 4 members (excludes halogenated alkanes) is 1. The number of rotatable bonds is 7. The molecule has 0 aliphatic carbocycles. The average Bonchev–Trinajstić information content (AvgIpc) is 2.14. The van der Waals surface area contributed by atoms with Crippen LogP contribution in [0.2, 0.25) is 0 Å². The van der Waals surface area contributed by atoms with Gasteiger partial charge in [0.15, 0.2) is 0 Å². The van der Waals surface area contributed by atoms with Crippen molar-refractivity contribution in [3.8, 4) is 0 Å². The number of carbonyl (C=O) groups is 1. The van der Waals surface area contributed by atoms with Gasteiger partial charge in [0.05, 0.1) is 12.5 Å². The summed E-state index contributed by atoms with van der Waals surface area (Å²) in [5.41, 5.74) is 0. The molecule has 0 amide bonds. The van der Waals surface area contributed by atoms with Crippen molar-refractivity contribution in [2.24, 2.45) is 11.8 Å². The van der Waals surface area contributed by atoms with Crippen LogP contribution in [0.15, 0.2) is 0 Å². The largest absolute Gasteiger partial charge is 0.465 e. The summed E-state index contributed by atoms with van der Waals surface area (Å²) in [5, 5.41) is 0. The predicted molar refractivity (Wildman–Crippen MR) is 59.1 cm³/mol. The number of hydrogen-bond donors (Lipinski definition) is 0. The van der Waals surface area contributed by atoms with E-state index in [2.05, 4.69) is 20.8 Å². The molecule has 84 valence electrons. The fourth-order valence-electron chi connectivity index (χ4n) is 1.43. The van der Waals surface area contributed by atoms with Crippen molar-refractivity contribution in [3.05, 3.63) is 0 Å². The number of hydrogen-bond acceptors (Lipinski definition) is 2. The lowest BCUT2D eigenvalue weighted by molar-refractivity contribution is -0.149. The summed E-state index contributed by atoms with van der Waals surface area (Å²) >= 11 is 0. The van der Waals surface area contributed by atoms with Gasteiger partial charge in [0.2, 0.25) is 0 Å². The Morgan fingerprint density at radius 3 is 2.36 bits per heavy atom. The van der Waals surface area contributed by atoms with E-state index in [1.165, 1.54) is 0 Å². The molecule has 0 spiro atoms. The van der Waals surface area contributed by atoms with Crippen molar-refractivity contribution in [1.82, 2.24) is 0 Å². The first-order chi connectivity index (χ1) is 6.61. The van der Waals surface area contributed by atoms with Gasteiger partial charge in [-0.2, -0.15) is 0 Å². The first kappa shape index (κ1) is 13.5. The third-order valence-corrected chi connectivity index (χ3v) is 2.32. The van der Waals surface area contributed by atoms with Gasteiger partial charge in [-0.15, -0.1) is 0 Å². The molecule has 0 aromatic carbocycles. The third-order valence-electron chi connectivity index (χ3n) is 2.32. The molecule has 0 fully saturated rings. The van der Waals surface area contributed by atoms with E-state index in [0.29, 0.717) is 12.5 Å². The topological polar surface area (TPSA) is 26.3 Å². The highest BCUT2D eigenvalue weighted by Gasteiger charge is 2.18. The third kappa shape index (κ3) is 6.01. The molecular weight excluding hydrogens is 176 g/mol. The van der Waals surface area contributed by atoms with Gasteiger partial charge in [0, 0.05) is 0 Å². The summed E-state index contributed by atoms with van der Waals surface area (Å²) in [4.78, 5) is 11.6. The molecule has 0 heterocycles. The Morgan fingerprint density at radius 1 is 1.29 bits per heavy atom. The van der Waals surface area contributed by atoms with E-state index in [-0.39, 0.29) is 11.9 Å². The normalized spacial score (nSPS) is 12.9. The molecule has 1 atom stereocenters. The number of ether oxygens (including phenoxy) is 1. The van der Waals surface area contributed by atoms with Crippen LogP contribution in [0.25, 0.3) is 0 Å². The molecule has 0 aromatic heterocycles. The van der Waals surface area contributed by atoms with Crippen LogP contribution in [-0.4, -0.2) is 12.6 Å². The van der Waals surface area contributed by atoms with Gasteiger partial charge in [-0.3, -0.25) is 4.79 Å². The molecule has 0 rings (SSSR count). The maximum absolute atomic E-state index is 11.6. The van der Waals surface area contributed by atoms with E-state index >= 15 is 0 Å². The van der Waals surface area contributed by atoms with Gasteiger partial charge in [0.1, 0.15) is 0 Å². The monoisotopic (exact) mass is 200 g/mol. The fraction of sp³-hybridized carbons (Fsp3) is 0.917. The molecule has 0 saturated carbocycles. The number of esters is 1. The van der Waals surface area contributed by atoms with Gasteiger partial charge in [-0.05, 0) is 25.2 Å². The highest BCUT2D eigenvalue weighted by atomic mass is 16.5. The second kappa shape index (κ2) is 7.84. The highest BCUT2D eigenvalue weighted by molar-refractivity contribution is 5.72. The summed E-state index contributed by atoms with van der Waals surface area (Å²) in [6.45, 7) is 9.02. The van der Waals surface area contributed by atoms with Crippen LogP contribution in [0, 0.1) is 11.8 Å². The lowest BCUT2D eigenvalue weighted by Crippen LogP contribution is -2.19. The Kier molecular flexibility index (Phi) is 7.54. The van der Waals surface area contributed by atoms with Crippen molar-refractivity contribution in [3.63, 3.8) is 0 Å². The summed E-state index contributed by atoms with van der Waals surface area (Å²) in [5.74, 6) is 0.667. The Morgan fingerprint density at radius 2 is 1.93 bits per heavy atom. The maximum atomic E-state index is 11.6. The first-order valence-corrected chi connectivity index (χ1v) is 5.78. The standard InChI is InChI=1S/C12H24O2/c1-5-7-8-14-12(13)11(6-2)9-10(3)4/h10-11H,5-9H2,1-4H3/t11-/m0/s1. The Labute approximate surface area is 88.0 Å². The van der Waals surface area contributed by atoms with E-state index in [1.54, 1.807) is 0 Å². The van der Waals surface area contributed by atoms with E-state index < -0.39 is 0 Å². The van der Waals surface area contributed by atoms with Gasteiger partial charge < -0.3 is 4.74 Å². The SMILES string of the molecule is CCCCOC(=O)[C@@H](CC)CC(C)C. The molecule has 0 aliphatic heterocycles. The molecule has 0 N–H and O–H groups in total. The van der Waals surface area contributed by atoms with Crippen molar-refractivity contribution < 1.29 is 9.53 Å². The smallest absolute Gasteiger partial charge is 0.308 e. The van der Waals surface area contributed by atoms with Crippen LogP contribution >= 0.6 is 0 Å². The van der Waals surface area contributed by atoms with Gasteiger partial charge in [-0.1, -0.05) is 34.1 Å². The Hall–Kier alpha value is -0.530. The lowest BCUT2D eigenvalue weighted by Gasteiger charge is -2.15. The van der Waals surface area contributed by atoms with Gasteiger partial charge in [0.25, 0.3) is 0 Å². The van der Waals surface area contributed by atoms with E-state index in [4.69, 9.17) is 4.74 Å². The minimum absolute atomic E-state index is 0.00495.